The van der Waals surface area contributed by atoms with Crippen molar-refractivity contribution < 1.29 is 40.4 Å². The zero-order valence-electron chi connectivity index (χ0n) is 13.0. The summed E-state index contributed by atoms with van der Waals surface area (Å²) in [5.74, 6) is 0. The van der Waals surface area contributed by atoms with Crippen molar-refractivity contribution in [3.8, 4) is 0 Å². The van der Waals surface area contributed by atoms with Crippen molar-refractivity contribution in [2.75, 3.05) is 0 Å². The molecule has 16 heavy (non-hydrogen) atoms. The summed E-state index contributed by atoms with van der Waals surface area (Å²) in [4.78, 5) is 0. The van der Waals surface area contributed by atoms with Gasteiger partial charge in [-0.05, 0) is 0 Å². The van der Waals surface area contributed by atoms with E-state index in [0.717, 1.165) is 0 Å². The molecule has 99 valence electrons. The van der Waals surface area contributed by atoms with Gasteiger partial charge in [-0.25, -0.2) is 0 Å². The summed E-state index contributed by atoms with van der Waals surface area (Å²) < 4.78 is 0. The van der Waals surface area contributed by atoms with Gasteiger partial charge in [0.2, 0.25) is 0 Å². The summed E-state index contributed by atoms with van der Waals surface area (Å²) in [7, 11) is -2.58. The topological polar surface area (TPSA) is 0 Å². The van der Waals surface area contributed by atoms with Gasteiger partial charge in [-0.3, -0.25) is 0 Å². The SMILES string of the molecule is [CH2-][Si](C)(C)C.[CH2-][Si](C)(C)C.[CH2-][Si](C)(C)C.[Sm+3]. The molecule has 0 amide bonds. The zero-order valence-corrected chi connectivity index (χ0v) is 18.6. The molecule has 0 aromatic carbocycles. The second-order valence-electron chi connectivity index (χ2n) is 7.68. The first-order valence-electron chi connectivity index (χ1n) is 5.56. The molecule has 0 N–H and O–H groups in total. The Morgan fingerprint density at radius 2 is 0.438 bits per heavy atom. The molecule has 0 fully saturated rings. The van der Waals surface area contributed by atoms with Gasteiger partial charge < -0.3 is 19.6 Å². The molecule has 1 radical (unpaired) electrons. The van der Waals surface area contributed by atoms with Crippen LogP contribution >= 0.6 is 0 Å². The van der Waals surface area contributed by atoms with Crippen LogP contribution in [-0.4, -0.2) is 24.2 Å². The van der Waals surface area contributed by atoms with Crippen molar-refractivity contribution >= 4 is 24.2 Å². The quantitative estimate of drug-likeness (QED) is 0.384. The van der Waals surface area contributed by atoms with Gasteiger partial charge in [0.25, 0.3) is 0 Å². The monoisotopic (exact) mass is 413 g/mol. The van der Waals surface area contributed by atoms with Crippen molar-refractivity contribution in [3.63, 3.8) is 0 Å². The molecular weight excluding hydrogens is 379 g/mol. The van der Waals surface area contributed by atoms with Crippen LogP contribution in [-0.2, 0) is 0 Å². The van der Waals surface area contributed by atoms with Crippen LogP contribution in [0.25, 0.3) is 0 Å². The van der Waals surface area contributed by atoms with Crippen LogP contribution in [0.15, 0.2) is 0 Å². The summed E-state index contributed by atoms with van der Waals surface area (Å²) in [6.07, 6.45) is 0. The first-order chi connectivity index (χ1) is 6.00. The second-order valence-corrected chi connectivity index (χ2v) is 23.0. The fourth-order valence-electron chi connectivity index (χ4n) is 0. The van der Waals surface area contributed by atoms with Crippen molar-refractivity contribution in [2.45, 2.75) is 58.9 Å². The van der Waals surface area contributed by atoms with Crippen molar-refractivity contribution in [3.05, 3.63) is 19.6 Å². The van der Waals surface area contributed by atoms with E-state index in [1.807, 2.05) is 0 Å². The van der Waals surface area contributed by atoms with E-state index >= 15 is 0 Å². The smallest absolute Gasteiger partial charge is 0.342 e. The maximum Gasteiger partial charge on any atom is 3.00 e. The maximum atomic E-state index is 3.91. The van der Waals surface area contributed by atoms with Gasteiger partial charge in [0.15, 0.2) is 0 Å². The van der Waals surface area contributed by atoms with Crippen LogP contribution < -0.4 is 0 Å². The average molecular weight is 412 g/mol. The first-order valence-corrected chi connectivity index (χ1v) is 16.7. The third-order valence-electron chi connectivity index (χ3n) is 0. The Morgan fingerprint density at radius 3 is 0.438 bits per heavy atom. The molecule has 4 heteroatoms. The van der Waals surface area contributed by atoms with E-state index in [9.17, 15) is 0 Å². The van der Waals surface area contributed by atoms with Crippen LogP contribution in [0.4, 0.5) is 0 Å². The first kappa shape index (κ1) is 26.5. The fraction of sp³-hybridized carbons (Fsp3) is 0.750. The molecule has 0 bridgehead atoms. The number of rotatable bonds is 0. The van der Waals surface area contributed by atoms with Crippen molar-refractivity contribution in [2.24, 2.45) is 0 Å². The molecule has 0 aliphatic rings. The van der Waals surface area contributed by atoms with Crippen LogP contribution in [0.5, 0.6) is 0 Å². The summed E-state index contributed by atoms with van der Waals surface area (Å²) in [6.45, 7) is 31.7. The fourth-order valence-corrected chi connectivity index (χ4v) is 0. The summed E-state index contributed by atoms with van der Waals surface area (Å²) >= 11 is 0. The molecule has 0 rings (SSSR count). The number of hydrogen-bond donors (Lipinski definition) is 0. The molecular formula is C12H33Si3Sm. The van der Waals surface area contributed by atoms with Crippen molar-refractivity contribution in [1.82, 2.24) is 0 Å². The Morgan fingerprint density at radius 1 is 0.438 bits per heavy atom. The van der Waals surface area contributed by atoms with Gasteiger partial charge in [-0.2, -0.15) is 0 Å². The van der Waals surface area contributed by atoms with Crippen LogP contribution in [0.1, 0.15) is 0 Å². The molecule has 0 saturated heterocycles. The van der Waals surface area contributed by atoms with E-state index < -0.39 is 24.2 Å². The largest absolute Gasteiger partial charge is 3.00 e. The van der Waals surface area contributed by atoms with Gasteiger partial charge in [0.05, 0.1) is 0 Å². The summed E-state index contributed by atoms with van der Waals surface area (Å²) in [5.41, 5.74) is 0. The number of hydrogen-bond acceptors (Lipinski definition) is 0. The molecule has 0 saturated carbocycles. The minimum atomic E-state index is -0.861. The van der Waals surface area contributed by atoms with Crippen LogP contribution in [0.3, 0.4) is 0 Å². The Balaban J connectivity index is -0.0000000655. The van der Waals surface area contributed by atoms with E-state index in [4.69, 9.17) is 0 Å². The molecule has 0 atom stereocenters. The predicted molar refractivity (Wildman–Crippen MR) is 86.1 cm³/mol. The van der Waals surface area contributed by atoms with Crippen LogP contribution in [0, 0.1) is 60.0 Å². The Labute approximate surface area is 142 Å². The van der Waals surface area contributed by atoms with E-state index in [-0.39, 0.29) is 40.4 Å². The molecule has 0 aliphatic heterocycles. The molecule has 0 aliphatic carbocycles. The van der Waals surface area contributed by atoms with Gasteiger partial charge in [0, 0.05) is 0 Å². The van der Waals surface area contributed by atoms with E-state index in [0.29, 0.717) is 0 Å². The van der Waals surface area contributed by atoms with Gasteiger partial charge in [-0.15, -0.1) is 24.2 Å². The Kier molecular flexibility index (Phi) is 18.0. The normalized spacial score (nSPS) is 11.2. The van der Waals surface area contributed by atoms with Gasteiger partial charge in [0.1, 0.15) is 0 Å². The summed E-state index contributed by atoms with van der Waals surface area (Å²) in [6, 6.07) is 0. The minimum absolute atomic E-state index is 0. The minimum Gasteiger partial charge on any atom is -0.342 e. The van der Waals surface area contributed by atoms with Gasteiger partial charge in [-0.1, -0.05) is 58.9 Å². The van der Waals surface area contributed by atoms with Crippen LogP contribution in [0.2, 0.25) is 58.9 Å². The third kappa shape index (κ3) is 909. The maximum absolute atomic E-state index is 3.91. The second kappa shape index (κ2) is 10.9. The average Bonchev–Trinajstić information content (AvgIpc) is 1.41. The Hall–Kier alpha value is 1.99. The summed E-state index contributed by atoms with van der Waals surface area (Å²) in [5, 5.41) is 0. The molecule has 0 aromatic heterocycles. The zero-order chi connectivity index (χ0) is 13.5. The van der Waals surface area contributed by atoms with Gasteiger partial charge >= 0.3 is 40.4 Å². The van der Waals surface area contributed by atoms with E-state index in [2.05, 4.69) is 78.6 Å². The molecule has 0 unspecified atom stereocenters. The predicted octanol–water partition coefficient (Wildman–Crippen LogP) is 5.09. The van der Waals surface area contributed by atoms with E-state index in [1.54, 1.807) is 0 Å². The molecule has 0 nitrogen and oxygen atoms in total. The Bertz CT molecular complexity index is 91.3. The molecule has 0 heterocycles. The van der Waals surface area contributed by atoms with E-state index in [1.165, 1.54) is 0 Å². The third-order valence-corrected chi connectivity index (χ3v) is 0. The molecule has 0 spiro atoms. The standard InChI is InChI=1S/3C4H11Si.Sm/c3*1-5(2,3)4;/h3*1H2,2-4H3;/q3*-1;+3. The molecule has 0 aromatic rings. The van der Waals surface area contributed by atoms with Crippen molar-refractivity contribution in [1.29, 1.82) is 0 Å².